The molecule has 9 heteroatoms. The van der Waals surface area contributed by atoms with E-state index in [1.54, 1.807) is 30.5 Å². The van der Waals surface area contributed by atoms with E-state index in [1.165, 1.54) is 11.8 Å². The van der Waals surface area contributed by atoms with Crippen molar-refractivity contribution in [3.8, 4) is 11.4 Å². The third-order valence-electron chi connectivity index (χ3n) is 3.72. The van der Waals surface area contributed by atoms with Crippen LogP contribution in [0.15, 0.2) is 46.2 Å². The van der Waals surface area contributed by atoms with Gasteiger partial charge in [0.1, 0.15) is 5.76 Å². The maximum Gasteiger partial charge on any atom is 0.248 e. The lowest BCUT2D eigenvalue weighted by atomic mass is 10.2. The Morgan fingerprint density at radius 1 is 1.23 bits per heavy atom. The molecule has 0 unspecified atom stereocenters. The molecule has 0 saturated carbocycles. The van der Waals surface area contributed by atoms with E-state index in [2.05, 4.69) is 15.5 Å². The van der Waals surface area contributed by atoms with E-state index in [4.69, 9.17) is 10.2 Å². The first kappa shape index (κ1) is 17.7. The minimum Gasteiger partial charge on any atom is -0.469 e. The average Bonchev–Trinajstić information content (AvgIpc) is 3.19. The van der Waals surface area contributed by atoms with Gasteiger partial charge in [0.05, 0.1) is 17.6 Å². The standard InChI is InChI=1S/C17H17N5O3S/c1-10-13(7-8-25-10)16-20-21-17(22(16)2)26-9-14(23)19-12-5-3-11(4-6-12)15(18)24/h3-8H,9H2,1-2H3,(H2,18,24)(H,19,23). The highest BCUT2D eigenvalue weighted by Crippen LogP contribution is 2.25. The van der Waals surface area contributed by atoms with Crippen LogP contribution in [0.4, 0.5) is 5.69 Å². The summed E-state index contributed by atoms with van der Waals surface area (Å²) in [6, 6.07) is 8.21. The number of aryl methyl sites for hydroxylation is 1. The molecule has 2 amide bonds. The van der Waals surface area contributed by atoms with Gasteiger partial charge in [-0.2, -0.15) is 0 Å². The highest BCUT2D eigenvalue weighted by atomic mass is 32.2. The quantitative estimate of drug-likeness (QED) is 0.642. The van der Waals surface area contributed by atoms with E-state index in [9.17, 15) is 9.59 Å². The maximum absolute atomic E-state index is 12.1. The third kappa shape index (κ3) is 3.77. The molecule has 0 spiro atoms. The fourth-order valence-corrected chi connectivity index (χ4v) is 3.05. The van der Waals surface area contributed by atoms with Crippen molar-refractivity contribution < 1.29 is 14.0 Å². The smallest absolute Gasteiger partial charge is 0.248 e. The highest BCUT2D eigenvalue weighted by Gasteiger charge is 2.15. The van der Waals surface area contributed by atoms with Crippen molar-refractivity contribution in [3.63, 3.8) is 0 Å². The van der Waals surface area contributed by atoms with Gasteiger partial charge in [-0.15, -0.1) is 10.2 Å². The van der Waals surface area contributed by atoms with Gasteiger partial charge in [-0.05, 0) is 37.3 Å². The molecule has 8 nitrogen and oxygen atoms in total. The Bertz CT molecular complexity index is 946. The van der Waals surface area contributed by atoms with Crippen LogP contribution in [0, 0.1) is 6.92 Å². The van der Waals surface area contributed by atoms with Gasteiger partial charge in [-0.1, -0.05) is 11.8 Å². The minimum atomic E-state index is -0.510. The Balaban J connectivity index is 1.60. The van der Waals surface area contributed by atoms with Crippen molar-refractivity contribution in [1.29, 1.82) is 0 Å². The normalized spacial score (nSPS) is 10.7. The second kappa shape index (κ2) is 7.44. The summed E-state index contributed by atoms with van der Waals surface area (Å²) in [5.41, 5.74) is 7.03. The molecule has 3 N–H and O–H groups in total. The molecule has 0 atom stereocenters. The lowest BCUT2D eigenvalue weighted by Gasteiger charge is -2.06. The van der Waals surface area contributed by atoms with Crippen LogP contribution in [0.1, 0.15) is 16.1 Å². The summed E-state index contributed by atoms with van der Waals surface area (Å²) < 4.78 is 7.11. The number of nitrogens with zero attached hydrogens (tertiary/aromatic N) is 3. The SMILES string of the molecule is Cc1occc1-c1nnc(SCC(=O)Nc2ccc(C(N)=O)cc2)n1C. The molecule has 3 rings (SSSR count). The van der Waals surface area contributed by atoms with Gasteiger partial charge in [-0.3, -0.25) is 9.59 Å². The maximum atomic E-state index is 12.1. The number of anilines is 1. The molecule has 0 saturated heterocycles. The molecule has 1 aromatic carbocycles. The topological polar surface area (TPSA) is 116 Å². The van der Waals surface area contributed by atoms with Crippen molar-refractivity contribution in [1.82, 2.24) is 14.8 Å². The van der Waals surface area contributed by atoms with Crippen LogP contribution in [-0.2, 0) is 11.8 Å². The molecule has 134 valence electrons. The van der Waals surface area contributed by atoms with Crippen LogP contribution in [-0.4, -0.2) is 32.3 Å². The summed E-state index contributed by atoms with van der Waals surface area (Å²) in [7, 11) is 1.84. The Morgan fingerprint density at radius 2 is 1.96 bits per heavy atom. The highest BCUT2D eigenvalue weighted by molar-refractivity contribution is 7.99. The number of aromatic nitrogens is 3. The number of hydrogen-bond acceptors (Lipinski definition) is 6. The zero-order valence-electron chi connectivity index (χ0n) is 14.2. The van der Waals surface area contributed by atoms with Crippen molar-refractivity contribution in [3.05, 3.63) is 47.9 Å². The number of thioether (sulfide) groups is 1. The molecule has 0 aliphatic heterocycles. The molecule has 0 fully saturated rings. The van der Waals surface area contributed by atoms with Crippen molar-refractivity contribution in [2.75, 3.05) is 11.1 Å². The molecular formula is C17H17N5O3S. The number of carbonyl (C=O) groups excluding carboxylic acids is 2. The lowest BCUT2D eigenvalue weighted by Crippen LogP contribution is -2.15. The fourth-order valence-electron chi connectivity index (χ4n) is 2.34. The molecule has 26 heavy (non-hydrogen) atoms. The van der Waals surface area contributed by atoms with Crippen LogP contribution in [0.25, 0.3) is 11.4 Å². The number of nitrogens with two attached hydrogens (primary N) is 1. The summed E-state index contributed by atoms with van der Waals surface area (Å²) in [4.78, 5) is 23.2. The van der Waals surface area contributed by atoms with Crippen LogP contribution >= 0.6 is 11.8 Å². The first-order chi connectivity index (χ1) is 12.5. The van der Waals surface area contributed by atoms with E-state index in [0.29, 0.717) is 22.2 Å². The Hall–Kier alpha value is -3.07. The van der Waals surface area contributed by atoms with Crippen LogP contribution in [0.3, 0.4) is 0 Å². The molecule has 2 heterocycles. The zero-order chi connectivity index (χ0) is 18.7. The van der Waals surface area contributed by atoms with Crippen molar-refractivity contribution in [2.24, 2.45) is 12.8 Å². The fraction of sp³-hybridized carbons (Fsp3) is 0.176. The summed E-state index contributed by atoms with van der Waals surface area (Å²) in [6.07, 6.45) is 1.60. The van der Waals surface area contributed by atoms with Gasteiger partial charge in [0.25, 0.3) is 0 Å². The Morgan fingerprint density at radius 3 is 2.58 bits per heavy atom. The van der Waals surface area contributed by atoms with Gasteiger partial charge in [0.15, 0.2) is 11.0 Å². The summed E-state index contributed by atoms with van der Waals surface area (Å²) in [5.74, 6) is 0.916. The average molecular weight is 371 g/mol. The number of hydrogen-bond donors (Lipinski definition) is 2. The third-order valence-corrected chi connectivity index (χ3v) is 4.74. The lowest BCUT2D eigenvalue weighted by molar-refractivity contribution is -0.113. The van der Waals surface area contributed by atoms with E-state index in [-0.39, 0.29) is 11.7 Å². The van der Waals surface area contributed by atoms with Gasteiger partial charge in [0, 0.05) is 18.3 Å². The van der Waals surface area contributed by atoms with Crippen LogP contribution in [0.2, 0.25) is 0 Å². The molecular weight excluding hydrogens is 354 g/mol. The van der Waals surface area contributed by atoms with Crippen molar-refractivity contribution in [2.45, 2.75) is 12.1 Å². The Kier molecular flexibility index (Phi) is 5.08. The van der Waals surface area contributed by atoms with Gasteiger partial charge < -0.3 is 20.0 Å². The molecule has 3 aromatic rings. The molecule has 0 aliphatic rings. The first-order valence-electron chi connectivity index (χ1n) is 7.72. The van der Waals surface area contributed by atoms with Crippen LogP contribution in [0.5, 0.6) is 0 Å². The summed E-state index contributed by atoms with van der Waals surface area (Å²) in [5, 5.41) is 11.7. The first-order valence-corrected chi connectivity index (χ1v) is 8.70. The largest absolute Gasteiger partial charge is 0.469 e. The van der Waals surface area contributed by atoms with E-state index < -0.39 is 5.91 Å². The molecule has 0 aliphatic carbocycles. The molecule has 2 aromatic heterocycles. The van der Waals surface area contributed by atoms with Gasteiger partial charge in [0.2, 0.25) is 11.8 Å². The Labute approximate surface area is 153 Å². The number of benzene rings is 1. The number of amides is 2. The molecule has 0 radical (unpaired) electrons. The monoisotopic (exact) mass is 371 g/mol. The van der Waals surface area contributed by atoms with E-state index in [1.807, 2.05) is 24.6 Å². The second-order valence-electron chi connectivity index (χ2n) is 5.53. The number of carbonyl (C=O) groups is 2. The van der Waals surface area contributed by atoms with E-state index in [0.717, 1.165) is 11.3 Å². The number of primary amides is 1. The zero-order valence-corrected chi connectivity index (χ0v) is 15.0. The summed E-state index contributed by atoms with van der Waals surface area (Å²) >= 11 is 1.28. The predicted molar refractivity (Wildman–Crippen MR) is 97.8 cm³/mol. The number of furan rings is 1. The van der Waals surface area contributed by atoms with Crippen molar-refractivity contribution >= 4 is 29.3 Å². The van der Waals surface area contributed by atoms with Crippen LogP contribution < -0.4 is 11.1 Å². The van der Waals surface area contributed by atoms with Gasteiger partial charge >= 0.3 is 0 Å². The summed E-state index contributed by atoms with van der Waals surface area (Å²) in [6.45, 7) is 1.85. The van der Waals surface area contributed by atoms with E-state index >= 15 is 0 Å². The number of rotatable bonds is 6. The predicted octanol–water partition coefficient (Wildman–Crippen LogP) is 2.21. The molecule has 0 bridgehead atoms. The second-order valence-corrected chi connectivity index (χ2v) is 6.48. The number of nitrogens with one attached hydrogen (secondary N) is 1. The van der Waals surface area contributed by atoms with Gasteiger partial charge in [-0.25, -0.2) is 0 Å². The minimum absolute atomic E-state index is 0.175.